The summed E-state index contributed by atoms with van der Waals surface area (Å²) in [7, 11) is 0. The van der Waals surface area contributed by atoms with Crippen LogP contribution in [0.2, 0.25) is 0 Å². The standard InChI is InChI=1S/C18H34O2.C4H10O3/c1-2-3-4-5-6-7-8-9-10-11-12-13-14-15-16-17-18(19)20;5-2-1-4(7)3-6/h9-10H,2-8,11-17H2,1H3,(H,19,20);4-7H,1-3H2/b10-9-;. The van der Waals surface area contributed by atoms with Crippen molar-refractivity contribution in [3.63, 3.8) is 0 Å². The van der Waals surface area contributed by atoms with E-state index >= 15 is 0 Å². The predicted octanol–water partition coefficient (Wildman–Crippen LogP) is 4.83. The predicted molar refractivity (Wildman–Crippen MR) is 112 cm³/mol. The molecule has 0 saturated heterocycles. The Morgan fingerprint density at radius 3 is 1.70 bits per heavy atom. The van der Waals surface area contributed by atoms with Crippen molar-refractivity contribution in [3.05, 3.63) is 12.2 Å². The number of hydrogen-bond acceptors (Lipinski definition) is 4. The van der Waals surface area contributed by atoms with E-state index in [4.69, 9.17) is 20.4 Å². The highest BCUT2D eigenvalue weighted by molar-refractivity contribution is 5.66. The Kier molecular flexibility index (Phi) is 26.3. The lowest BCUT2D eigenvalue weighted by Crippen LogP contribution is -2.12. The Morgan fingerprint density at radius 1 is 0.815 bits per heavy atom. The molecule has 0 amide bonds. The summed E-state index contributed by atoms with van der Waals surface area (Å²) in [5, 5.41) is 33.2. The SMILES string of the molecule is CCCCCCCC/C=C\CCCCCCCC(=O)O.OCCC(O)CO. The number of aliphatic hydroxyl groups is 3. The minimum absolute atomic E-state index is 0.0677. The molecular weight excluding hydrogens is 344 g/mol. The van der Waals surface area contributed by atoms with Crippen molar-refractivity contribution in [2.75, 3.05) is 13.2 Å². The van der Waals surface area contributed by atoms with Crippen molar-refractivity contribution in [2.24, 2.45) is 0 Å². The monoisotopic (exact) mass is 388 g/mol. The van der Waals surface area contributed by atoms with E-state index in [1.807, 2.05) is 0 Å². The number of carbonyl (C=O) groups is 1. The minimum Gasteiger partial charge on any atom is -0.481 e. The van der Waals surface area contributed by atoms with E-state index < -0.39 is 12.1 Å². The molecule has 0 radical (unpaired) electrons. The number of allylic oxidation sites excluding steroid dienone is 2. The minimum atomic E-state index is -0.745. The van der Waals surface area contributed by atoms with E-state index in [9.17, 15) is 4.79 Å². The van der Waals surface area contributed by atoms with Crippen LogP contribution in [0.25, 0.3) is 0 Å². The van der Waals surface area contributed by atoms with Crippen LogP contribution in [0.4, 0.5) is 0 Å². The van der Waals surface area contributed by atoms with Gasteiger partial charge in [0.25, 0.3) is 0 Å². The lowest BCUT2D eigenvalue weighted by Gasteiger charge is -2.00. The first-order valence-corrected chi connectivity index (χ1v) is 10.8. The van der Waals surface area contributed by atoms with Crippen LogP contribution in [-0.2, 0) is 4.79 Å². The van der Waals surface area contributed by atoms with Gasteiger partial charge < -0.3 is 20.4 Å². The third kappa shape index (κ3) is 30.1. The van der Waals surface area contributed by atoms with E-state index in [-0.39, 0.29) is 19.6 Å². The van der Waals surface area contributed by atoms with Gasteiger partial charge in [-0.15, -0.1) is 0 Å². The number of carboxylic acids is 1. The number of rotatable bonds is 18. The van der Waals surface area contributed by atoms with Crippen LogP contribution in [0.3, 0.4) is 0 Å². The lowest BCUT2D eigenvalue weighted by atomic mass is 10.1. The van der Waals surface area contributed by atoms with Gasteiger partial charge in [0, 0.05) is 13.0 Å². The van der Waals surface area contributed by atoms with Crippen LogP contribution in [0.1, 0.15) is 103 Å². The Labute approximate surface area is 166 Å². The molecule has 0 bridgehead atoms. The van der Waals surface area contributed by atoms with E-state index in [1.165, 1.54) is 70.6 Å². The first kappa shape index (κ1) is 28.3. The van der Waals surface area contributed by atoms with Crippen molar-refractivity contribution in [2.45, 2.75) is 109 Å². The second-order valence-corrected chi connectivity index (χ2v) is 7.08. The highest BCUT2D eigenvalue weighted by Crippen LogP contribution is 2.09. The van der Waals surface area contributed by atoms with E-state index in [1.54, 1.807) is 0 Å². The fraction of sp³-hybridized carbons (Fsp3) is 0.864. The molecule has 0 aliphatic rings. The quantitative estimate of drug-likeness (QED) is 0.199. The third-order valence-corrected chi connectivity index (χ3v) is 4.33. The molecule has 1 unspecified atom stereocenters. The zero-order valence-corrected chi connectivity index (χ0v) is 17.4. The topological polar surface area (TPSA) is 98.0 Å². The van der Waals surface area contributed by atoms with E-state index in [2.05, 4.69) is 19.1 Å². The molecule has 162 valence electrons. The molecule has 0 saturated carbocycles. The fourth-order valence-electron chi connectivity index (χ4n) is 2.59. The molecule has 0 rings (SSSR count). The average Bonchev–Trinajstić information content (AvgIpc) is 2.65. The number of aliphatic hydroxyl groups excluding tert-OH is 3. The molecule has 0 aromatic heterocycles. The first-order valence-electron chi connectivity index (χ1n) is 10.8. The van der Waals surface area contributed by atoms with Crippen molar-refractivity contribution in [3.8, 4) is 0 Å². The Bertz CT molecular complexity index is 318. The van der Waals surface area contributed by atoms with Crippen molar-refractivity contribution in [1.82, 2.24) is 0 Å². The first-order chi connectivity index (χ1) is 13.1. The lowest BCUT2D eigenvalue weighted by molar-refractivity contribution is -0.137. The molecule has 27 heavy (non-hydrogen) atoms. The Hall–Kier alpha value is -0.910. The molecule has 4 N–H and O–H groups in total. The number of carboxylic acid groups (broad SMARTS) is 1. The number of aliphatic carboxylic acids is 1. The Balaban J connectivity index is 0. The van der Waals surface area contributed by atoms with Crippen molar-refractivity contribution < 1.29 is 25.2 Å². The van der Waals surface area contributed by atoms with Gasteiger partial charge >= 0.3 is 5.97 Å². The molecular formula is C22H44O5. The molecule has 5 heteroatoms. The van der Waals surface area contributed by atoms with Gasteiger partial charge in [-0.25, -0.2) is 0 Å². The van der Waals surface area contributed by atoms with Crippen LogP contribution in [0, 0.1) is 0 Å². The van der Waals surface area contributed by atoms with Crippen LogP contribution in [0.15, 0.2) is 12.2 Å². The third-order valence-electron chi connectivity index (χ3n) is 4.33. The van der Waals surface area contributed by atoms with Gasteiger partial charge in [0.1, 0.15) is 0 Å². The summed E-state index contributed by atoms with van der Waals surface area (Å²) in [4.78, 5) is 10.3. The average molecular weight is 389 g/mol. The molecule has 0 aromatic carbocycles. The van der Waals surface area contributed by atoms with Gasteiger partial charge in [-0.05, 0) is 38.5 Å². The maximum absolute atomic E-state index is 10.3. The zero-order valence-electron chi connectivity index (χ0n) is 17.4. The van der Waals surface area contributed by atoms with Gasteiger partial charge in [-0.3, -0.25) is 4.79 Å². The van der Waals surface area contributed by atoms with E-state index in [0.717, 1.165) is 12.8 Å². The molecule has 0 fully saturated rings. The highest BCUT2D eigenvalue weighted by atomic mass is 16.4. The summed E-state index contributed by atoms with van der Waals surface area (Å²) >= 11 is 0. The van der Waals surface area contributed by atoms with Gasteiger partial charge in [0.05, 0.1) is 12.7 Å². The smallest absolute Gasteiger partial charge is 0.303 e. The summed E-state index contributed by atoms with van der Waals surface area (Å²) < 4.78 is 0. The molecule has 5 nitrogen and oxygen atoms in total. The zero-order chi connectivity index (χ0) is 20.6. The summed E-state index contributed by atoms with van der Waals surface area (Å²) in [6.07, 6.45) is 20.8. The number of unbranched alkanes of at least 4 members (excludes halogenated alkanes) is 11. The fourth-order valence-corrected chi connectivity index (χ4v) is 2.59. The van der Waals surface area contributed by atoms with E-state index in [0.29, 0.717) is 6.42 Å². The summed E-state index contributed by atoms with van der Waals surface area (Å²) in [5.74, 6) is -0.664. The molecule has 0 spiro atoms. The van der Waals surface area contributed by atoms with Crippen LogP contribution in [-0.4, -0.2) is 45.7 Å². The summed E-state index contributed by atoms with van der Waals surface area (Å²) in [5.41, 5.74) is 0. The van der Waals surface area contributed by atoms with Gasteiger partial charge in [0.15, 0.2) is 0 Å². The van der Waals surface area contributed by atoms with Gasteiger partial charge in [-0.1, -0.05) is 70.4 Å². The second-order valence-electron chi connectivity index (χ2n) is 7.08. The van der Waals surface area contributed by atoms with Crippen molar-refractivity contribution >= 4 is 5.97 Å². The van der Waals surface area contributed by atoms with Crippen molar-refractivity contribution in [1.29, 1.82) is 0 Å². The molecule has 0 aromatic rings. The Morgan fingerprint density at radius 2 is 1.30 bits per heavy atom. The molecule has 1 atom stereocenters. The summed E-state index contributed by atoms with van der Waals surface area (Å²) in [6, 6.07) is 0. The maximum atomic E-state index is 10.3. The van der Waals surface area contributed by atoms with Crippen LogP contribution < -0.4 is 0 Å². The molecule has 0 heterocycles. The van der Waals surface area contributed by atoms with Gasteiger partial charge in [-0.2, -0.15) is 0 Å². The largest absolute Gasteiger partial charge is 0.481 e. The highest BCUT2D eigenvalue weighted by Gasteiger charge is 1.97. The normalized spacial score (nSPS) is 12.0. The van der Waals surface area contributed by atoms with Gasteiger partial charge in [0.2, 0.25) is 0 Å². The second kappa shape index (κ2) is 25.1. The van der Waals surface area contributed by atoms with Crippen LogP contribution in [0.5, 0.6) is 0 Å². The molecule has 0 aliphatic carbocycles. The van der Waals surface area contributed by atoms with Crippen LogP contribution >= 0.6 is 0 Å². The maximum Gasteiger partial charge on any atom is 0.303 e. The molecule has 0 aliphatic heterocycles. The summed E-state index contributed by atoms with van der Waals surface area (Å²) in [6.45, 7) is 1.93. The number of hydrogen-bond donors (Lipinski definition) is 4.